The van der Waals surface area contributed by atoms with Gasteiger partial charge < -0.3 is 0 Å². The van der Waals surface area contributed by atoms with Crippen LogP contribution in [0.2, 0.25) is 0 Å². The van der Waals surface area contributed by atoms with E-state index in [1.165, 1.54) is 4.80 Å². The molecule has 0 amide bonds. The van der Waals surface area contributed by atoms with E-state index in [0.29, 0.717) is 11.5 Å². The molecule has 0 radical (unpaired) electrons. The second kappa shape index (κ2) is 4.06. The van der Waals surface area contributed by atoms with Gasteiger partial charge in [0.05, 0.1) is 18.1 Å². The van der Waals surface area contributed by atoms with E-state index in [2.05, 4.69) is 25.4 Å². The Kier molecular flexibility index (Phi) is 2.23. The average molecular weight is 262 g/mol. The van der Waals surface area contributed by atoms with E-state index in [1.54, 1.807) is 13.2 Å². The van der Waals surface area contributed by atoms with Gasteiger partial charge in [-0.05, 0) is 17.3 Å². The van der Waals surface area contributed by atoms with E-state index < -0.39 is 0 Å². The molecule has 96 valence electrons. The molecule has 0 aliphatic heterocycles. The molecule has 1 aromatic carbocycles. The lowest BCUT2D eigenvalue weighted by Crippen LogP contribution is -1.93. The molecule has 4 rings (SSSR count). The van der Waals surface area contributed by atoms with Crippen LogP contribution in [0.1, 0.15) is 0 Å². The summed E-state index contributed by atoms with van der Waals surface area (Å²) in [5, 5.41) is 14.1. The molecule has 0 aliphatic carbocycles. The van der Waals surface area contributed by atoms with Gasteiger partial charge in [-0.2, -0.15) is 4.80 Å². The molecule has 3 aromatic heterocycles. The molecule has 0 aliphatic rings. The third kappa shape index (κ3) is 1.62. The maximum atomic E-state index is 4.65. The first-order valence-corrected chi connectivity index (χ1v) is 6.20. The van der Waals surface area contributed by atoms with E-state index in [4.69, 9.17) is 0 Å². The Labute approximate surface area is 114 Å². The maximum absolute atomic E-state index is 4.65. The van der Waals surface area contributed by atoms with Crippen LogP contribution < -0.4 is 0 Å². The highest BCUT2D eigenvalue weighted by Gasteiger charge is 2.09. The zero-order chi connectivity index (χ0) is 13.5. The summed E-state index contributed by atoms with van der Waals surface area (Å²) in [6.07, 6.45) is 1.77. The second-order valence-corrected chi connectivity index (χ2v) is 4.51. The molecule has 4 aromatic rings. The third-order valence-corrected chi connectivity index (χ3v) is 3.17. The van der Waals surface area contributed by atoms with Crippen molar-refractivity contribution < 1.29 is 0 Å². The molecule has 0 fully saturated rings. The Morgan fingerprint density at radius 3 is 2.55 bits per heavy atom. The van der Waals surface area contributed by atoms with Crippen molar-refractivity contribution in [2.24, 2.45) is 7.05 Å². The summed E-state index contributed by atoms with van der Waals surface area (Å²) in [5.41, 5.74) is 2.44. The number of hydrogen-bond acceptors (Lipinski definition) is 5. The van der Waals surface area contributed by atoms with Gasteiger partial charge in [0, 0.05) is 17.0 Å². The summed E-state index contributed by atoms with van der Waals surface area (Å²) in [6, 6.07) is 11.9. The highest BCUT2D eigenvalue weighted by molar-refractivity contribution is 6.03. The third-order valence-electron chi connectivity index (χ3n) is 3.17. The van der Waals surface area contributed by atoms with Gasteiger partial charge in [0.1, 0.15) is 5.69 Å². The van der Waals surface area contributed by atoms with E-state index in [0.717, 1.165) is 21.8 Å². The first-order chi connectivity index (χ1) is 9.81. The molecule has 0 N–H and O–H groups in total. The van der Waals surface area contributed by atoms with Gasteiger partial charge in [0.25, 0.3) is 0 Å². The highest BCUT2D eigenvalue weighted by atomic mass is 15.6. The van der Waals surface area contributed by atoms with Gasteiger partial charge in [0.2, 0.25) is 5.82 Å². The molecule has 0 saturated carbocycles. The van der Waals surface area contributed by atoms with Crippen molar-refractivity contribution in [1.82, 2.24) is 30.2 Å². The van der Waals surface area contributed by atoms with Crippen LogP contribution in [0.25, 0.3) is 33.3 Å². The SMILES string of the molecule is Cn1nnc(-c2ccc3ccc4cccnc4c3n2)n1. The lowest BCUT2D eigenvalue weighted by atomic mass is 10.1. The van der Waals surface area contributed by atoms with Crippen LogP contribution in [0.3, 0.4) is 0 Å². The molecular formula is C14H10N6. The fourth-order valence-corrected chi connectivity index (χ4v) is 2.23. The summed E-state index contributed by atoms with van der Waals surface area (Å²) in [7, 11) is 1.73. The lowest BCUT2D eigenvalue weighted by Gasteiger charge is -2.03. The number of benzene rings is 1. The van der Waals surface area contributed by atoms with Crippen LogP contribution in [0.4, 0.5) is 0 Å². The van der Waals surface area contributed by atoms with E-state index >= 15 is 0 Å². The Balaban J connectivity index is 2.04. The summed E-state index contributed by atoms with van der Waals surface area (Å²) < 4.78 is 0. The lowest BCUT2D eigenvalue weighted by molar-refractivity contribution is 0.630. The van der Waals surface area contributed by atoms with Crippen molar-refractivity contribution in [3.63, 3.8) is 0 Å². The zero-order valence-corrected chi connectivity index (χ0v) is 10.7. The fourth-order valence-electron chi connectivity index (χ4n) is 2.23. The van der Waals surface area contributed by atoms with Crippen molar-refractivity contribution in [3.05, 3.63) is 42.6 Å². The summed E-state index contributed by atoms with van der Waals surface area (Å²) >= 11 is 0. The topological polar surface area (TPSA) is 69.4 Å². The zero-order valence-electron chi connectivity index (χ0n) is 10.7. The van der Waals surface area contributed by atoms with Crippen molar-refractivity contribution in [1.29, 1.82) is 0 Å². The van der Waals surface area contributed by atoms with E-state index in [-0.39, 0.29) is 0 Å². The van der Waals surface area contributed by atoms with Crippen molar-refractivity contribution >= 4 is 21.8 Å². The molecule has 20 heavy (non-hydrogen) atoms. The number of hydrogen-bond donors (Lipinski definition) is 0. The monoisotopic (exact) mass is 262 g/mol. The molecule has 6 nitrogen and oxygen atoms in total. The Hall–Kier alpha value is -2.89. The van der Waals surface area contributed by atoms with Crippen LogP contribution in [0.15, 0.2) is 42.6 Å². The van der Waals surface area contributed by atoms with Crippen molar-refractivity contribution in [3.8, 4) is 11.5 Å². The van der Waals surface area contributed by atoms with Gasteiger partial charge in [-0.15, -0.1) is 10.2 Å². The van der Waals surface area contributed by atoms with Crippen molar-refractivity contribution in [2.75, 3.05) is 0 Å². The molecule has 0 spiro atoms. The molecule has 0 saturated heterocycles. The van der Waals surface area contributed by atoms with Crippen LogP contribution in [-0.2, 0) is 7.05 Å². The number of nitrogens with zero attached hydrogens (tertiary/aromatic N) is 6. The normalized spacial score (nSPS) is 11.2. The number of tetrazole rings is 1. The Morgan fingerprint density at radius 2 is 1.75 bits per heavy atom. The molecule has 3 heterocycles. The van der Waals surface area contributed by atoms with Crippen LogP contribution in [-0.4, -0.2) is 30.2 Å². The standard InChI is InChI=1S/C14H10N6/c1-20-18-14(17-19-20)11-7-6-10-5-4-9-3-2-8-15-12(9)13(10)16-11/h2-8H,1H3. The summed E-state index contributed by atoms with van der Waals surface area (Å²) in [4.78, 5) is 10.5. The molecule has 0 atom stereocenters. The van der Waals surface area contributed by atoms with Crippen molar-refractivity contribution in [2.45, 2.75) is 0 Å². The minimum atomic E-state index is 0.516. The van der Waals surface area contributed by atoms with Gasteiger partial charge in [0.15, 0.2) is 0 Å². The predicted molar refractivity (Wildman–Crippen MR) is 74.8 cm³/mol. The van der Waals surface area contributed by atoms with E-state index in [1.807, 2.05) is 36.4 Å². The number of aromatic nitrogens is 6. The first kappa shape index (κ1) is 11.0. The van der Waals surface area contributed by atoms with Crippen LogP contribution in [0, 0.1) is 0 Å². The number of aryl methyl sites for hydroxylation is 1. The fraction of sp³-hybridized carbons (Fsp3) is 0.0714. The summed E-state index contributed by atoms with van der Waals surface area (Å²) in [5.74, 6) is 0.516. The summed E-state index contributed by atoms with van der Waals surface area (Å²) in [6.45, 7) is 0. The van der Waals surface area contributed by atoms with Gasteiger partial charge >= 0.3 is 0 Å². The quantitative estimate of drug-likeness (QED) is 0.490. The predicted octanol–water partition coefficient (Wildman–Crippen LogP) is 1.97. The maximum Gasteiger partial charge on any atom is 0.223 e. The smallest absolute Gasteiger partial charge is 0.223 e. The van der Waals surface area contributed by atoms with Gasteiger partial charge in [-0.1, -0.05) is 24.3 Å². The van der Waals surface area contributed by atoms with Gasteiger partial charge in [-0.3, -0.25) is 4.98 Å². The molecule has 0 bridgehead atoms. The second-order valence-electron chi connectivity index (χ2n) is 4.51. The molecule has 6 heteroatoms. The largest absolute Gasteiger partial charge is 0.254 e. The average Bonchev–Trinajstić information content (AvgIpc) is 2.93. The Morgan fingerprint density at radius 1 is 0.950 bits per heavy atom. The first-order valence-electron chi connectivity index (χ1n) is 6.20. The number of fused-ring (bicyclic) bond motifs is 3. The number of rotatable bonds is 1. The molecule has 0 unspecified atom stereocenters. The van der Waals surface area contributed by atoms with Crippen LogP contribution in [0.5, 0.6) is 0 Å². The highest BCUT2D eigenvalue weighted by Crippen LogP contribution is 2.24. The minimum absolute atomic E-state index is 0.516. The van der Waals surface area contributed by atoms with Crippen LogP contribution >= 0.6 is 0 Å². The molecular weight excluding hydrogens is 252 g/mol. The Bertz CT molecular complexity index is 927. The van der Waals surface area contributed by atoms with Gasteiger partial charge in [-0.25, -0.2) is 4.98 Å². The number of pyridine rings is 2. The van der Waals surface area contributed by atoms with E-state index in [9.17, 15) is 0 Å². The minimum Gasteiger partial charge on any atom is -0.254 e.